The van der Waals surface area contributed by atoms with Crippen molar-refractivity contribution in [2.75, 3.05) is 19.8 Å². The van der Waals surface area contributed by atoms with Gasteiger partial charge in [0, 0.05) is 18.8 Å². The van der Waals surface area contributed by atoms with Gasteiger partial charge in [-0.1, -0.05) is 19.1 Å². The molecule has 5 nitrogen and oxygen atoms in total. The summed E-state index contributed by atoms with van der Waals surface area (Å²) in [5.74, 6) is -0.183. The SMILES string of the molecule is CCOC(=O)c1ccc([C@]23CCC4(OCCO4)[C@@H](C)[C@@H]2CCCC3=O)cc1. The maximum absolute atomic E-state index is 13.2. The van der Waals surface area contributed by atoms with Crippen molar-refractivity contribution < 1.29 is 23.8 Å². The van der Waals surface area contributed by atoms with Gasteiger partial charge in [-0.2, -0.15) is 0 Å². The molecule has 5 heteroatoms. The van der Waals surface area contributed by atoms with Crippen LogP contribution in [0.15, 0.2) is 24.3 Å². The van der Waals surface area contributed by atoms with E-state index in [1.165, 1.54) is 0 Å². The van der Waals surface area contributed by atoms with Crippen LogP contribution in [0.3, 0.4) is 0 Å². The van der Waals surface area contributed by atoms with Crippen molar-refractivity contribution in [2.45, 2.75) is 57.2 Å². The summed E-state index contributed by atoms with van der Waals surface area (Å²) in [7, 11) is 0. The van der Waals surface area contributed by atoms with Crippen LogP contribution in [0.4, 0.5) is 0 Å². The van der Waals surface area contributed by atoms with E-state index < -0.39 is 11.2 Å². The number of carbonyl (C=O) groups excluding carboxylic acids is 2. The Morgan fingerprint density at radius 3 is 2.56 bits per heavy atom. The van der Waals surface area contributed by atoms with Crippen molar-refractivity contribution in [1.82, 2.24) is 0 Å². The van der Waals surface area contributed by atoms with Crippen molar-refractivity contribution in [3.63, 3.8) is 0 Å². The van der Waals surface area contributed by atoms with Crippen molar-refractivity contribution in [2.24, 2.45) is 11.8 Å². The van der Waals surface area contributed by atoms with E-state index in [4.69, 9.17) is 14.2 Å². The Labute approximate surface area is 160 Å². The third-order valence-corrected chi connectivity index (χ3v) is 6.90. The Hall–Kier alpha value is -1.72. The smallest absolute Gasteiger partial charge is 0.338 e. The lowest BCUT2D eigenvalue weighted by Crippen LogP contribution is -2.59. The molecule has 146 valence electrons. The molecular weight excluding hydrogens is 344 g/mol. The fraction of sp³-hybridized carbons (Fsp3) is 0.636. The van der Waals surface area contributed by atoms with Gasteiger partial charge in [0.05, 0.1) is 30.8 Å². The molecule has 1 aliphatic heterocycles. The summed E-state index contributed by atoms with van der Waals surface area (Å²) in [6, 6.07) is 7.48. The van der Waals surface area contributed by atoms with Crippen LogP contribution in [0.1, 0.15) is 61.9 Å². The number of esters is 1. The second-order valence-electron chi connectivity index (χ2n) is 7.99. The van der Waals surface area contributed by atoms with Gasteiger partial charge in [-0.15, -0.1) is 0 Å². The zero-order chi connectivity index (χ0) is 19.1. The maximum atomic E-state index is 13.2. The van der Waals surface area contributed by atoms with E-state index in [2.05, 4.69) is 6.92 Å². The number of carbonyl (C=O) groups is 2. The molecule has 4 rings (SSSR count). The van der Waals surface area contributed by atoms with Crippen LogP contribution in [0.5, 0.6) is 0 Å². The van der Waals surface area contributed by atoms with Crippen molar-refractivity contribution in [3.05, 3.63) is 35.4 Å². The summed E-state index contributed by atoms with van der Waals surface area (Å²) in [5.41, 5.74) is 1.05. The molecule has 0 N–H and O–H groups in total. The van der Waals surface area contributed by atoms with Gasteiger partial charge in [0.2, 0.25) is 0 Å². The van der Waals surface area contributed by atoms with Gasteiger partial charge in [0.1, 0.15) is 5.78 Å². The molecule has 0 amide bonds. The average Bonchev–Trinajstić information content (AvgIpc) is 3.16. The van der Waals surface area contributed by atoms with E-state index in [-0.39, 0.29) is 17.8 Å². The predicted molar refractivity (Wildman–Crippen MR) is 99.5 cm³/mol. The first-order valence-electron chi connectivity index (χ1n) is 10.1. The molecule has 1 spiro atoms. The number of Topliss-reactive ketones (excluding diaryl/α,β-unsaturated/α-hetero) is 1. The third kappa shape index (κ3) is 2.83. The summed E-state index contributed by atoms with van der Waals surface area (Å²) in [5, 5.41) is 0. The first-order valence-corrected chi connectivity index (χ1v) is 10.1. The lowest BCUT2D eigenvalue weighted by atomic mass is 9.51. The highest BCUT2D eigenvalue weighted by Crippen LogP contribution is 2.57. The van der Waals surface area contributed by atoms with Gasteiger partial charge < -0.3 is 14.2 Å². The van der Waals surface area contributed by atoms with Gasteiger partial charge in [-0.25, -0.2) is 4.79 Å². The van der Waals surface area contributed by atoms with Crippen LogP contribution in [0, 0.1) is 11.8 Å². The number of ketones is 1. The zero-order valence-electron chi connectivity index (χ0n) is 16.2. The van der Waals surface area contributed by atoms with Crippen LogP contribution < -0.4 is 0 Å². The van der Waals surface area contributed by atoms with Crippen LogP contribution in [-0.2, 0) is 24.4 Å². The van der Waals surface area contributed by atoms with Crippen LogP contribution in [0.2, 0.25) is 0 Å². The lowest BCUT2D eigenvalue weighted by Gasteiger charge is -2.54. The summed E-state index contributed by atoms with van der Waals surface area (Å²) in [6.07, 6.45) is 4.01. The van der Waals surface area contributed by atoms with Crippen molar-refractivity contribution in [3.8, 4) is 0 Å². The Morgan fingerprint density at radius 2 is 1.89 bits per heavy atom. The number of rotatable bonds is 3. The van der Waals surface area contributed by atoms with E-state index >= 15 is 0 Å². The number of fused-ring (bicyclic) bond motifs is 1. The minimum Gasteiger partial charge on any atom is -0.462 e. The molecule has 0 unspecified atom stereocenters. The number of hydrogen-bond donors (Lipinski definition) is 0. The highest BCUT2D eigenvalue weighted by molar-refractivity contribution is 5.93. The fourth-order valence-electron chi connectivity index (χ4n) is 5.58. The predicted octanol–water partition coefficient (Wildman–Crippen LogP) is 3.64. The van der Waals surface area contributed by atoms with Gasteiger partial charge in [-0.3, -0.25) is 4.79 Å². The number of ether oxygens (including phenoxy) is 3. The molecular formula is C22H28O5. The molecule has 0 aromatic heterocycles. The Bertz CT molecular complexity index is 719. The molecule has 1 aromatic carbocycles. The molecule has 1 aromatic rings. The van der Waals surface area contributed by atoms with E-state index in [1.54, 1.807) is 19.1 Å². The minimum atomic E-state index is -0.531. The molecule has 2 saturated carbocycles. The van der Waals surface area contributed by atoms with E-state index in [1.807, 2.05) is 12.1 Å². The quantitative estimate of drug-likeness (QED) is 0.758. The summed E-state index contributed by atoms with van der Waals surface area (Å²) >= 11 is 0. The second-order valence-corrected chi connectivity index (χ2v) is 7.99. The van der Waals surface area contributed by atoms with Crippen molar-refractivity contribution >= 4 is 11.8 Å². The molecule has 0 radical (unpaired) electrons. The molecule has 3 fully saturated rings. The van der Waals surface area contributed by atoms with Gasteiger partial charge in [0.25, 0.3) is 0 Å². The first kappa shape index (κ1) is 18.6. The van der Waals surface area contributed by atoms with E-state index in [9.17, 15) is 9.59 Å². The highest BCUT2D eigenvalue weighted by atomic mass is 16.7. The molecule has 3 aliphatic rings. The normalized spacial score (nSPS) is 32.3. The van der Waals surface area contributed by atoms with Gasteiger partial charge in [-0.05, 0) is 49.8 Å². The molecule has 2 aliphatic carbocycles. The Morgan fingerprint density at radius 1 is 1.19 bits per heavy atom. The zero-order valence-corrected chi connectivity index (χ0v) is 16.2. The van der Waals surface area contributed by atoms with Crippen LogP contribution >= 0.6 is 0 Å². The molecule has 1 saturated heterocycles. The number of hydrogen-bond acceptors (Lipinski definition) is 5. The Kier molecular flexibility index (Phi) is 4.85. The van der Waals surface area contributed by atoms with Gasteiger partial charge in [0.15, 0.2) is 5.79 Å². The third-order valence-electron chi connectivity index (χ3n) is 6.90. The van der Waals surface area contributed by atoms with E-state index in [0.717, 1.165) is 31.2 Å². The summed E-state index contributed by atoms with van der Waals surface area (Å²) in [6.45, 7) is 5.58. The molecule has 3 atom stereocenters. The second kappa shape index (κ2) is 7.02. The van der Waals surface area contributed by atoms with Gasteiger partial charge >= 0.3 is 5.97 Å². The summed E-state index contributed by atoms with van der Waals surface area (Å²) < 4.78 is 17.2. The van der Waals surface area contributed by atoms with Crippen LogP contribution in [-0.4, -0.2) is 37.4 Å². The maximum Gasteiger partial charge on any atom is 0.338 e. The highest BCUT2D eigenvalue weighted by Gasteiger charge is 2.60. The molecule has 27 heavy (non-hydrogen) atoms. The standard InChI is InChI=1S/C22H28O5/c1-3-25-20(24)16-7-9-17(10-8-16)21-11-12-22(26-13-14-27-22)15(2)18(21)5-4-6-19(21)23/h7-10,15,18H,3-6,11-14H2,1-2H3/t15-,18-,21+/m0/s1. The first-order chi connectivity index (χ1) is 13.0. The van der Waals surface area contributed by atoms with E-state index in [0.29, 0.717) is 37.6 Å². The van der Waals surface area contributed by atoms with Crippen molar-refractivity contribution in [1.29, 1.82) is 0 Å². The monoisotopic (exact) mass is 372 g/mol. The van der Waals surface area contributed by atoms with Crippen LogP contribution in [0.25, 0.3) is 0 Å². The Balaban J connectivity index is 1.69. The minimum absolute atomic E-state index is 0.155. The molecule has 0 bridgehead atoms. The largest absolute Gasteiger partial charge is 0.462 e. The number of benzene rings is 1. The molecule has 1 heterocycles. The average molecular weight is 372 g/mol. The summed E-state index contributed by atoms with van der Waals surface area (Å²) in [4.78, 5) is 25.2. The lowest BCUT2D eigenvalue weighted by molar-refractivity contribution is -0.235. The topological polar surface area (TPSA) is 61.8 Å². The fourth-order valence-corrected chi connectivity index (χ4v) is 5.58.